The molecule has 0 saturated heterocycles. The number of amides is 1. The lowest BCUT2D eigenvalue weighted by molar-refractivity contribution is 0.0779. The van der Waals surface area contributed by atoms with Gasteiger partial charge in [-0.15, -0.1) is 0 Å². The summed E-state index contributed by atoms with van der Waals surface area (Å²) in [5.41, 5.74) is 4.80. The molecule has 0 fully saturated rings. The lowest BCUT2D eigenvalue weighted by Gasteiger charge is -2.19. The van der Waals surface area contributed by atoms with Gasteiger partial charge >= 0.3 is 0 Å². The zero-order valence-corrected chi connectivity index (χ0v) is 12.7. The number of pyridine rings is 1. The molecule has 0 atom stereocenters. The standard InChI is InChI=1S/C15H17ClN4O/c1-10-5-3-4-6-11(10)9-20(2)15(21)14-12(16)7-8-13(18-14)19-17/h3-8H,9,17H2,1-2H3,(H,18,19). The Morgan fingerprint density at radius 3 is 2.71 bits per heavy atom. The summed E-state index contributed by atoms with van der Waals surface area (Å²) >= 11 is 6.05. The van der Waals surface area contributed by atoms with E-state index in [1.807, 2.05) is 31.2 Å². The number of anilines is 1. The van der Waals surface area contributed by atoms with Gasteiger partial charge in [-0.25, -0.2) is 10.8 Å². The molecular weight excluding hydrogens is 288 g/mol. The zero-order valence-electron chi connectivity index (χ0n) is 11.9. The maximum absolute atomic E-state index is 12.5. The second-order valence-electron chi connectivity index (χ2n) is 4.76. The Bertz CT molecular complexity index is 660. The van der Waals surface area contributed by atoms with Crippen LogP contribution in [0, 0.1) is 6.92 Å². The van der Waals surface area contributed by atoms with Crippen LogP contribution in [-0.2, 0) is 6.54 Å². The largest absolute Gasteiger partial charge is 0.336 e. The molecule has 0 spiro atoms. The van der Waals surface area contributed by atoms with Crippen LogP contribution in [0.2, 0.25) is 5.02 Å². The minimum atomic E-state index is -0.250. The molecule has 0 aliphatic heterocycles. The number of hydrogen-bond donors (Lipinski definition) is 2. The summed E-state index contributed by atoms with van der Waals surface area (Å²) in [5, 5.41) is 0.302. The van der Waals surface area contributed by atoms with Crippen molar-refractivity contribution in [2.75, 3.05) is 12.5 Å². The Morgan fingerprint density at radius 1 is 1.33 bits per heavy atom. The average molecular weight is 305 g/mol. The molecule has 0 saturated carbocycles. The molecule has 6 heteroatoms. The number of nitrogen functional groups attached to an aromatic ring is 1. The van der Waals surface area contributed by atoms with Crippen molar-refractivity contribution in [3.05, 3.63) is 58.2 Å². The fourth-order valence-electron chi connectivity index (χ4n) is 1.97. The summed E-state index contributed by atoms with van der Waals surface area (Å²) in [6.45, 7) is 2.50. The summed E-state index contributed by atoms with van der Waals surface area (Å²) in [6, 6.07) is 11.1. The van der Waals surface area contributed by atoms with E-state index in [1.54, 1.807) is 24.1 Å². The van der Waals surface area contributed by atoms with E-state index in [0.717, 1.165) is 11.1 Å². The van der Waals surface area contributed by atoms with Crippen LogP contribution in [0.4, 0.5) is 5.82 Å². The minimum absolute atomic E-state index is 0.184. The highest BCUT2D eigenvalue weighted by atomic mass is 35.5. The van der Waals surface area contributed by atoms with Gasteiger partial charge in [-0.2, -0.15) is 0 Å². The monoisotopic (exact) mass is 304 g/mol. The Hall–Kier alpha value is -2.11. The predicted octanol–water partition coefficient (Wildman–Crippen LogP) is 2.60. The van der Waals surface area contributed by atoms with E-state index in [4.69, 9.17) is 17.4 Å². The Kier molecular flexibility index (Phi) is 4.77. The maximum Gasteiger partial charge on any atom is 0.274 e. The van der Waals surface area contributed by atoms with Gasteiger partial charge in [0, 0.05) is 13.6 Å². The molecule has 2 rings (SSSR count). The highest BCUT2D eigenvalue weighted by molar-refractivity contribution is 6.33. The number of rotatable bonds is 4. The lowest BCUT2D eigenvalue weighted by Crippen LogP contribution is -2.28. The number of carbonyl (C=O) groups is 1. The van der Waals surface area contributed by atoms with Crippen LogP contribution < -0.4 is 11.3 Å². The van der Waals surface area contributed by atoms with Gasteiger partial charge in [0.1, 0.15) is 11.5 Å². The van der Waals surface area contributed by atoms with Crippen LogP contribution in [0.5, 0.6) is 0 Å². The number of nitrogens with zero attached hydrogens (tertiary/aromatic N) is 2. The van der Waals surface area contributed by atoms with Crippen molar-refractivity contribution in [1.29, 1.82) is 0 Å². The summed E-state index contributed by atoms with van der Waals surface area (Å²) in [4.78, 5) is 18.2. The normalized spacial score (nSPS) is 10.3. The number of benzene rings is 1. The fraction of sp³-hybridized carbons (Fsp3) is 0.200. The smallest absolute Gasteiger partial charge is 0.274 e. The molecule has 0 aliphatic carbocycles. The van der Waals surface area contributed by atoms with Gasteiger partial charge in [-0.3, -0.25) is 4.79 Å². The van der Waals surface area contributed by atoms with E-state index in [2.05, 4.69) is 10.4 Å². The van der Waals surface area contributed by atoms with Crippen molar-refractivity contribution < 1.29 is 4.79 Å². The second-order valence-corrected chi connectivity index (χ2v) is 5.17. The van der Waals surface area contributed by atoms with Crippen LogP contribution in [0.3, 0.4) is 0 Å². The van der Waals surface area contributed by atoms with Gasteiger partial charge < -0.3 is 10.3 Å². The van der Waals surface area contributed by atoms with Crippen LogP contribution in [-0.4, -0.2) is 22.8 Å². The third-order valence-corrected chi connectivity index (χ3v) is 3.52. The van der Waals surface area contributed by atoms with E-state index in [9.17, 15) is 4.79 Å². The van der Waals surface area contributed by atoms with Gasteiger partial charge in [-0.05, 0) is 30.2 Å². The van der Waals surface area contributed by atoms with E-state index >= 15 is 0 Å². The third-order valence-electron chi connectivity index (χ3n) is 3.21. The van der Waals surface area contributed by atoms with Crippen LogP contribution >= 0.6 is 11.6 Å². The molecule has 1 aromatic heterocycles. The predicted molar refractivity (Wildman–Crippen MR) is 84.0 cm³/mol. The summed E-state index contributed by atoms with van der Waals surface area (Å²) < 4.78 is 0. The molecule has 1 aromatic carbocycles. The molecule has 2 aromatic rings. The van der Waals surface area contributed by atoms with Crippen molar-refractivity contribution in [2.24, 2.45) is 5.84 Å². The summed E-state index contributed by atoms with van der Waals surface area (Å²) in [5.74, 6) is 5.45. The molecule has 5 nitrogen and oxygen atoms in total. The highest BCUT2D eigenvalue weighted by Gasteiger charge is 2.18. The van der Waals surface area contributed by atoms with Gasteiger partial charge in [0.15, 0.2) is 0 Å². The second kappa shape index (κ2) is 6.56. The van der Waals surface area contributed by atoms with Crippen molar-refractivity contribution in [2.45, 2.75) is 13.5 Å². The molecular formula is C15H17ClN4O. The number of hydrazine groups is 1. The van der Waals surface area contributed by atoms with Gasteiger partial charge in [0.25, 0.3) is 5.91 Å². The Morgan fingerprint density at radius 2 is 2.05 bits per heavy atom. The SMILES string of the molecule is Cc1ccccc1CN(C)C(=O)c1nc(NN)ccc1Cl. The van der Waals surface area contributed by atoms with Crippen molar-refractivity contribution in [1.82, 2.24) is 9.88 Å². The maximum atomic E-state index is 12.5. The molecule has 1 heterocycles. The quantitative estimate of drug-likeness (QED) is 0.673. The number of nitrogens with one attached hydrogen (secondary N) is 1. The minimum Gasteiger partial charge on any atom is -0.336 e. The van der Waals surface area contributed by atoms with E-state index < -0.39 is 0 Å². The Balaban J connectivity index is 2.22. The molecule has 21 heavy (non-hydrogen) atoms. The van der Waals surface area contributed by atoms with Gasteiger partial charge in [0.2, 0.25) is 0 Å². The molecule has 0 radical (unpaired) electrons. The number of aryl methyl sites for hydroxylation is 1. The van der Waals surface area contributed by atoms with Crippen LogP contribution in [0.15, 0.2) is 36.4 Å². The topological polar surface area (TPSA) is 71.2 Å². The first-order valence-electron chi connectivity index (χ1n) is 6.46. The first-order chi connectivity index (χ1) is 10.0. The first-order valence-corrected chi connectivity index (χ1v) is 6.84. The molecule has 0 aliphatic rings. The molecule has 110 valence electrons. The van der Waals surface area contributed by atoms with E-state index in [0.29, 0.717) is 17.4 Å². The number of halogens is 1. The van der Waals surface area contributed by atoms with E-state index in [1.165, 1.54) is 0 Å². The molecule has 0 unspecified atom stereocenters. The van der Waals surface area contributed by atoms with Crippen LogP contribution in [0.25, 0.3) is 0 Å². The zero-order chi connectivity index (χ0) is 15.4. The third kappa shape index (κ3) is 3.51. The number of nitrogens with two attached hydrogens (primary N) is 1. The Labute approximate surface area is 128 Å². The van der Waals surface area contributed by atoms with Crippen LogP contribution in [0.1, 0.15) is 21.6 Å². The number of aromatic nitrogens is 1. The van der Waals surface area contributed by atoms with Gasteiger partial charge in [0.05, 0.1) is 5.02 Å². The van der Waals surface area contributed by atoms with Crippen molar-refractivity contribution >= 4 is 23.3 Å². The summed E-state index contributed by atoms with van der Waals surface area (Å²) in [7, 11) is 1.72. The van der Waals surface area contributed by atoms with E-state index in [-0.39, 0.29) is 11.6 Å². The average Bonchev–Trinajstić information content (AvgIpc) is 2.49. The lowest BCUT2D eigenvalue weighted by atomic mass is 10.1. The molecule has 0 bridgehead atoms. The van der Waals surface area contributed by atoms with Gasteiger partial charge in [-0.1, -0.05) is 35.9 Å². The first kappa shape index (κ1) is 15.3. The molecule has 3 N–H and O–H groups in total. The van der Waals surface area contributed by atoms with Crippen molar-refractivity contribution in [3.63, 3.8) is 0 Å². The summed E-state index contributed by atoms with van der Waals surface area (Å²) in [6.07, 6.45) is 0. The van der Waals surface area contributed by atoms with Crippen molar-refractivity contribution in [3.8, 4) is 0 Å². The number of carbonyl (C=O) groups excluding carboxylic acids is 1. The highest BCUT2D eigenvalue weighted by Crippen LogP contribution is 2.19. The fourth-order valence-corrected chi connectivity index (χ4v) is 2.15. The number of hydrogen-bond acceptors (Lipinski definition) is 4. The molecule has 1 amide bonds.